The first kappa shape index (κ1) is 10.6. The maximum Gasteiger partial charge on any atom is 0.115 e. The third kappa shape index (κ3) is 3.02. The molecule has 0 amide bonds. The van der Waals surface area contributed by atoms with Crippen molar-refractivity contribution in [3.05, 3.63) is 59.5 Å². The summed E-state index contributed by atoms with van der Waals surface area (Å²) in [6.45, 7) is 0. The van der Waals surface area contributed by atoms with Crippen molar-refractivity contribution in [2.24, 2.45) is 0 Å². The second-order valence-electron chi connectivity index (χ2n) is 3.52. The molecule has 1 aliphatic rings. The van der Waals surface area contributed by atoms with E-state index in [0.717, 1.165) is 0 Å². The van der Waals surface area contributed by atoms with Crippen LogP contribution in [0.2, 0.25) is 0 Å². The van der Waals surface area contributed by atoms with Crippen LogP contribution in [0.15, 0.2) is 49.1 Å². The molecule has 2 nitrogen and oxygen atoms in total. The molecule has 0 bridgehead atoms. The van der Waals surface area contributed by atoms with Crippen molar-refractivity contribution >= 4 is 12.2 Å². The monoisotopic (exact) mass is 210 g/mol. The van der Waals surface area contributed by atoms with Crippen molar-refractivity contribution in [1.29, 1.82) is 0 Å². The highest BCUT2D eigenvalue weighted by Crippen LogP contribution is 1.93. The molecule has 2 heteroatoms. The first-order valence-corrected chi connectivity index (χ1v) is 5.42. The van der Waals surface area contributed by atoms with Crippen LogP contribution in [0, 0.1) is 0 Å². The molecule has 80 valence electrons. The van der Waals surface area contributed by atoms with Gasteiger partial charge in [0.2, 0.25) is 0 Å². The molecule has 1 aliphatic carbocycles. The molecule has 0 aliphatic heterocycles. The lowest BCUT2D eigenvalue weighted by Gasteiger charge is -1.96. The van der Waals surface area contributed by atoms with Crippen molar-refractivity contribution < 1.29 is 0 Å². The molecule has 0 radical (unpaired) electrons. The fourth-order valence-corrected chi connectivity index (χ4v) is 1.61. The van der Waals surface area contributed by atoms with Gasteiger partial charge in [-0.25, -0.2) is 9.97 Å². The number of hydrogen-bond acceptors (Lipinski definition) is 2. The van der Waals surface area contributed by atoms with Gasteiger partial charge in [0, 0.05) is 12.4 Å². The number of nitrogens with zero attached hydrogens (tertiary/aromatic N) is 2. The van der Waals surface area contributed by atoms with E-state index in [0.29, 0.717) is 0 Å². The largest absolute Gasteiger partial charge is 0.245 e. The molecule has 0 N–H and O–H groups in total. The van der Waals surface area contributed by atoms with Crippen LogP contribution in [0.25, 0.3) is 12.2 Å². The summed E-state index contributed by atoms with van der Waals surface area (Å²) in [7, 11) is 0. The van der Waals surface area contributed by atoms with E-state index >= 15 is 0 Å². The molecule has 0 saturated carbocycles. The van der Waals surface area contributed by atoms with Crippen LogP contribution in [-0.2, 0) is 0 Å². The summed E-state index contributed by atoms with van der Waals surface area (Å²) < 4.78 is 0. The highest BCUT2D eigenvalue weighted by Gasteiger charge is 1.88. The van der Waals surface area contributed by atoms with Crippen molar-refractivity contribution in [2.45, 2.75) is 12.8 Å². The van der Waals surface area contributed by atoms with Gasteiger partial charge in [-0.15, -0.1) is 0 Å². The molecule has 0 saturated heterocycles. The van der Waals surface area contributed by atoms with E-state index in [1.807, 2.05) is 0 Å². The lowest BCUT2D eigenvalue weighted by atomic mass is 10.1. The average molecular weight is 210 g/mol. The zero-order valence-electron chi connectivity index (χ0n) is 9.08. The summed E-state index contributed by atoms with van der Waals surface area (Å²) >= 11 is 0. The van der Waals surface area contributed by atoms with Gasteiger partial charge in [-0.2, -0.15) is 0 Å². The van der Waals surface area contributed by atoms with E-state index in [-0.39, 0.29) is 0 Å². The Labute approximate surface area is 95.0 Å². The van der Waals surface area contributed by atoms with Crippen molar-refractivity contribution in [3.8, 4) is 0 Å². The van der Waals surface area contributed by atoms with Gasteiger partial charge in [-0.3, -0.25) is 0 Å². The third-order valence-corrected chi connectivity index (χ3v) is 2.37. The van der Waals surface area contributed by atoms with E-state index < -0.39 is 0 Å². The van der Waals surface area contributed by atoms with Gasteiger partial charge in [0.05, 0.1) is 0 Å². The molecule has 3 rings (SSSR count). The van der Waals surface area contributed by atoms with Crippen LogP contribution in [0.3, 0.4) is 0 Å². The van der Waals surface area contributed by atoms with Gasteiger partial charge in [-0.1, -0.05) is 36.4 Å². The van der Waals surface area contributed by atoms with Crippen LogP contribution in [-0.4, -0.2) is 9.97 Å². The van der Waals surface area contributed by atoms with Gasteiger partial charge in [0.15, 0.2) is 0 Å². The van der Waals surface area contributed by atoms with Gasteiger partial charge in [0.25, 0.3) is 0 Å². The Morgan fingerprint density at radius 2 is 1.31 bits per heavy atom. The van der Waals surface area contributed by atoms with Crippen molar-refractivity contribution in [1.82, 2.24) is 9.97 Å². The minimum Gasteiger partial charge on any atom is -0.245 e. The molecule has 0 unspecified atom stereocenters. The maximum absolute atomic E-state index is 3.67. The second kappa shape index (κ2) is 5.81. The molecule has 1 heterocycles. The average Bonchev–Trinajstić information content (AvgIpc) is 2.42. The van der Waals surface area contributed by atoms with Crippen LogP contribution >= 0.6 is 0 Å². The quantitative estimate of drug-likeness (QED) is 0.659. The van der Waals surface area contributed by atoms with Crippen molar-refractivity contribution in [3.63, 3.8) is 0 Å². The lowest BCUT2D eigenvalue weighted by molar-refractivity contribution is 1.12. The molecular weight excluding hydrogens is 196 g/mol. The smallest absolute Gasteiger partial charge is 0.115 e. The highest BCUT2D eigenvalue weighted by molar-refractivity contribution is 5.37. The zero-order valence-corrected chi connectivity index (χ0v) is 9.08. The van der Waals surface area contributed by atoms with E-state index in [1.54, 1.807) is 18.5 Å². The first-order chi connectivity index (χ1) is 7.97. The SMILES string of the molecule is C1=c2ccccc2=CCC1.c1cncnc1. The van der Waals surface area contributed by atoms with Crippen LogP contribution < -0.4 is 10.4 Å². The Balaban J connectivity index is 0.000000138. The summed E-state index contributed by atoms with van der Waals surface area (Å²) in [5.74, 6) is 0. The summed E-state index contributed by atoms with van der Waals surface area (Å²) in [4.78, 5) is 7.35. The maximum atomic E-state index is 3.67. The van der Waals surface area contributed by atoms with Crippen molar-refractivity contribution in [2.75, 3.05) is 0 Å². The van der Waals surface area contributed by atoms with E-state index in [9.17, 15) is 0 Å². The summed E-state index contributed by atoms with van der Waals surface area (Å²) in [5.41, 5.74) is 0. The second-order valence-corrected chi connectivity index (χ2v) is 3.52. The summed E-state index contributed by atoms with van der Waals surface area (Å²) in [6.07, 6.45) is 11.9. The number of benzene rings is 1. The standard InChI is InChI=1S/C10H10.C4H4N2/c1-2-6-10-8-4-3-7-9(10)5-1;1-2-5-4-6-3-1/h1-2,5-8H,3-4H2;1-4H. The molecule has 1 aromatic carbocycles. The third-order valence-electron chi connectivity index (χ3n) is 2.37. The summed E-state index contributed by atoms with van der Waals surface area (Å²) in [6, 6.07) is 10.3. The Morgan fingerprint density at radius 3 is 1.69 bits per heavy atom. The predicted octanol–water partition coefficient (Wildman–Crippen LogP) is 1.52. The van der Waals surface area contributed by atoms with Gasteiger partial charge < -0.3 is 0 Å². The number of hydrogen-bond donors (Lipinski definition) is 0. The number of rotatable bonds is 0. The van der Waals surface area contributed by atoms with Crippen LogP contribution in [0.5, 0.6) is 0 Å². The van der Waals surface area contributed by atoms with Crippen LogP contribution in [0.1, 0.15) is 12.8 Å². The first-order valence-electron chi connectivity index (χ1n) is 5.42. The van der Waals surface area contributed by atoms with Gasteiger partial charge in [-0.05, 0) is 29.3 Å². The van der Waals surface area contributed by atoms with E-state index in [4.69, 9.17) is 0 Å². The number of fused-ring (bicyclic) bond motifs is 1. The normalized spacial score (nSPS) is 12.2. The minimum absolute atomic E-state index is 1.21. The Kier molecular flexibility index (Phi) is 3.83. The van der Waals surface area contributed by atoms with Gasteiger partial charge in [0.1, 0.15) is 6.33 Å². The van der Waals surface area contributed by atoms with E-state index in [2.05, 4.69) is 46.4 Å². The minimum atomic E-state index is 1.21. The molecule has 0 atom stereocenters. The van der Waals surface area contributed by atoms with Crippen LogP contribution in [0.4, 0.5) is 0 Å². The topological polar surface area (TPSA) is 25.8 Å². The molecule has 0 spiro atoms. The molecule has 1 aromatic heterocycles. The molecule has 2 aromatic rings. The number of aromatic nitrogens is 2. The Morgan fingerprint density at radius 1 is 0.750 bits per heavy atom. The highest BCUT2D eigenvalue weighted by atomic mass is 14.8. The molecular formula is C14H14N2. The van der Waals surface area contributed by atoms with Gasteiger partial charge >= 0.3 is 0 Å². The molecule has 16 heavy (non-hydrogen) atoms. The fourth-order valence-electron chi connectivity index (χ4n) is 1.61. The predicted molar refractivity (Wildman–Crippen MR) is 65.9 cm³/mol. The lowest BCUT2D eigenvalue weighted by Crippen LogP contribution is -2.25. The summed E-state index contributed by atoms with van der Waals surface area (Å²) in [5, 5.41) is 2.79. The van der Waals surface area contributed by atoms with E-state index in [1.165, 1.54) is 29.6 Å². The zero-order chi connectivity index (χ0) is 11.1. The molecule has 0 fully saturated rings. The fraction of sp³-hybridized carbons (Fsp3) is 0.143. The Bertz CT molecular complexity index is 470. The Hall–Kier alpha value is -1.96.